The van der Waals surface area contributed by atoms with Crippen LogP contribution in [0.5, 0.6) is 5.75 Å². The first-order chi connectivity index (χ1) is 13.2. The number of esters is 1. The standard InChI is InChI=1S/C19H22N2O6S/c1-19(2)16(18(24)25)21-12(9-14(23)26-3)15(17(21)28-19)20-13(22)10-27-11-7-5-4-6-8-11/h4-9,15-17H,10H2,1-3H3,(H,20,22)(H,24,25)/b12-9+/t15-,16+,17-/m1/s1. The number of carboxylic acids is 1. The molecule has 3 rings (SSSR count). The number of carboxylic acid groups (broad SMARTS) is 1. The summed E-state index contributed by atoms with van der Waals surface area (Å²) in [6.07, 6.45) is 1.23. The van der Waals surface area contributed by atoms with Crippen LogP contribution in [0, 0.1) is 0 Å². The molecular weight excluding hydrogens is 384 g/mol. The topological polar surface area (TPSA) is 105 Å². The van der Waals surface area contributed by atoms with Gasteiger partial charge in [-0.2, -0.15) is 0 Å². The molecule has 8 nitrogen and oxygen atoms in total. The maximum atomic E-state index is 12.4. The van der Waals surface area contributed by atoms with Crippen molar-refractivity contribution in [3.8, 4) is 5.75 Å². The summed E-state index contributed by atoms with van der Waals surface area (Å²) < 4.78 is 9.54. The first-order valence-corrected chi connectivity index (χ1v) is 9.58. The Balaban J connectivity index is 1.74. The van der Waals surface area contributed by atoms with Crippen LogP contribution in [0.2, 0.25) is 0 Å². The van der Waals surface area contributed by atoms with Gasteiger partial charge >= 0.3 is 11.9 Å². The van der Waals surface area contributed by atoms with Crippen LogP contribution < -0.4 is 10.1 Å². The van der Waals surface area contributed by atoms with Gasteiger partial charge in [-0.25, -0.2) is 9.59 Å². The van der Waals surface area contributed by atoms with Crippen molar-refractivity contribution in [2.24, 2.45) is 0 Å². The lowest BCUT2D eigenvalue weighted by Gasteiger charge is -2.48. The van der Waals surface area contributed by atoms with Crippen molar-refractivity contribution in [3.63, 3.8) is 0 Å². The molecule has 2 aliphatic rings. The largest absolute Gasteiger partial charge is 0.484 e. The number of amides is 1. The lowest BCUT2D eigenvalue weighted by molar-refractivity contribution is -0.145. The smallest absolute Gasteiger partial charge is 0.332 e. The van der Waals surface area contributed by atoms with Crippen LogP contribution >= 0.6 is 11.8 Å². The van der Waals surface area contributed by atoms with Crippen molar-refractivity contribution in [3.05, 3.63) is 42.1 Å². The van der Waals surface area contributed by atoms with Crippen molar-refractivity contribution in [1.29, 1.82) is 0 Å². The molecule has 1 aromatic carbocycles. The molecule has 2 N–H and O–H groups in total. The maximum Gasteiger partial charge on any atom is 0.332 e. The maximum absolute atomic E-state index is 12.4. The van der Waals surface area contributed by atoms with Crippen LogP contribution in [-0.4, -0.2) is 63.8 Å². The van der Waals surface area contributed by atoms with Crippen molar-refractivity contribution >= 4 is 29.6 Å². The molecule has 28 heavy (non-hydrogen) atoms. The summed E-state index contributed by atoms with van der Waals surface area (Å²) in [4.78, 5) is 37.6. The Bertz CT molecular complexity index is 810. The molecule has 0 bridgehead atoms. The van der Waals surface area contributed by atoms with E-state index in [1.807, 2.05) is 19.9 Å². The summed E-state index contributed by atoms with van der Waals surface area (Å²) >= 11 is 1.45. The Hall–Kier alpha value is -2.68. The number of carbonyl (C=O) groups excluding carboxylic acids is 2. The molecule has 0 radical (unpaired) electrons. The number of carbonyl (C=O) groups is 3. The minimum absolute atomic E-state index is 0.185. The second-order valence-corrected chi connectivity index (χ2v) is 8.77. The van der Waals surface area contributed by atoms with Crippen LogP contribution in [0.4, 0.5) is 0 Å². The Morgan fingerprint density at radius 2 is 1.96 bits per heavy atom. The Labute approximate surface area is 166 Å². The van der Waals surface area contributed by atoms with Gasteiger partial charge in [0, 0.05) is 16.5 Å². The van der Waals surface area contributed by atoms with Crippen LogP contribution in [0.3, 0.4) is 0 Å². The predicted octanol–water partition coefficient (Wildman–Crippen LogP) is 1.23. The second kappa shape index (κ2) is 7.75. The fourth-order valence-electron chi connectivity index (χ4n) is 3.45. The highest BCUT2D eigenvalue weighted by molar-refractivity contribution is 8.01. The molecular formula is C19H22N2O6S. The number of benzene rings is 1. The number of nitrogens with one attached hydrogen (secondary N) is 1. The third-order valence-corrected chi connectivity index (χ3v) is 6.24. The van der Waals surface area contributed by atoms with E-state index in [2.05, 4.69) is 10.1 Å². The summed E-state index contributed by atoms with van der Waals surface area (Å²) in [5, 5.41) is 12.2. The molecule has 2 fully saturated rings. The minimum atomic E-state index is -0.979. The number of para-hydroxylation sites is 1. The lowest BCUT2D eigenvalue weighted by Crippen LogP contribution is -2.65. The summed E-state index contributed by atoms with van der Waals surface area (Å²) in [6.45, 7) is 3.49. The molecule has 1 amide bonds. The fraction of sp³-hybridized carbons (Fsp3) is 0.421. The lowest BCUT2D eigenvalue weighted by atomic mass is 9.93. The van der Waals surface area contributed by atoms with Gasteiger partial charge in [0.05, 0.1) is 13.2 Å². The van der Waals surface area contributed by atoms with Crippen LogP contribution in [0.15, 0.2) is 42.1 Å². The molecule has 0 spiro atoms. The molecule has 3 atom stereocenters. The summed E-state index contributed by atoms with van der Waals surface area (Å²) in [7, 11) is 1.24. The van der Waals surface area contributed by atoms with E-state index in [0.29, 0.717) is 11.4 Å². The van der Waals surface area contributed by atoms with Crippen LogP contribution in [0.25, 0.3) is 0 Å². The normalized spacial score (nSPS) is 26.2. The third-order valence-electron chi connectivity index (χ3n) is 4.67. The highest BCUT2D eigenvalue weighted by Crippen LogP contribution is 2.54. The number of methoxy groups -OCH3 is 1. The zero-order chi connectivity index (χ0) is 20.5. The molecule has 2 heterocycles. The molecule has 0 aliphatic carbocycles. The highest BCUT2D eigenvalue weighted by atomic mass is 32.2. The van der Waals surface area contributed by atoms with Gasteiger partial charge in [0.25, 0.3) is 5.91 Å². The summed E-state index contributed by atoms with van der Waals surface area (Å²) in [5.41, 5.74) is 0.426. The predicted molar refractivity (Wildman–Crippen MR) is 103 cm³/mol. The summed E-state index contributed by atoms with van der Waals surface area (Å²) in [6, 6.07) is 7.63. The van der Waals surface area contributed by atoms with Crippen LogP contribution in [0.1, 0.15) is 13.8 Å². The highest BCUT2D eigenvalue weighted by Gasteiger charge is 2.61. The molecule has 0 unspecified atom stereocenters. The minimum Gasteiger partial charge on any atom is -0.484 e. The number of nitrogens with zero attached hydrogens (tertiary/aromatic N) is 1. The van der Waals surface area contributed by atoms with E-state index in [9.17, 15) is 19.5 Å². The van der Waals surface area contributed by atoms with Gasteiger partial charge in [-0.05, 0) is 26.0 Å². The first kappa shape index (κ1) is 20.1. The van der Waals surface area contributed by atoms with Crippen molar-refractivity contribution < 1.29 is 29.0 Å². The number of thioether (sulfide) groups is 1. The van der Waals surface area contributed by atoms with Gasteiger partial charge in [0.15, 0.2) is 6.61 Å². The van der Waals surface area contributed by atoms with E-state index in [4.69, 9.17) is 4.74 Å². The monoisotopic (exact) mass is 406 g/mol. The number of aliphatic carboxylic acids is 1. The first-order valence-electron chi connectivity index (χ1n) is 8.70. The van der Waals surface area contributed by atoms with E-state index < -0.39 is 28.8 Å². The average Bonchev–Trinajstić information content (AvgIpc) is 2.91. The molecule has 0 aromatic heterocycles. The molecule has 2 saturated heterocycles. The van der Waals surface area contributed by atoms with Gasteiger partial charge in [0.2, 0.25) is 0 Å². The van der Waals surface area contributed by atoms with E-state index in [-0.39, 0.29) is 17.9 Å². The van der Waals surface area contributed by atoms with E-state index >= 15 is 0 Å². The van der Waals surface area contributed by atoms with Crippen molar-refractivity contribution in [2.75, 3.05) is 13.7 Å². The second-order valence-electron chi connectivity index (χ2n) is 7.00. The molecule has 1 aromatic rings. The van der Waals surface area contributed by atoms with Gasteiger partial charge in [0.1, 0.15) is 17.2 Å². The number of ether oxygens (including phenoxy) is 2. The number of hydrogen-bond donors (Lipinski definition) is 2. The Kier molecular flexibility index (Phi) is 5.55. The van der Waals surface area contributed by atoms with Gasteiger partial charge in [-0.1, -0.05) is 18.2 Å². The van der Waals surface area contributed by atoms with Gasteiger partial charge in [-0.3, -0.25) is 4.79 Å². The molecule has 150 valence electrons. The quantitative estimate of drug-likeness (QED) is 0.537. The Morgan fingerprint density at radius 1 is 1.29 bits per heavy atom. The zero-order valence-electron chi connectivity index (χ0n) is 15.7. The van der Waals surface area contributed by atoms with Gasteiger partial charge < -0.3 is 24.8 Å². The van der Waals surface area contributed by atoms with E-state index in [1.165, 1.54) is 24.9 Å². The molecule has 2 aliphatic heterocycles. The number of rotatable bonds is 6. The Morgan fingerprint density at radius 3 is 2.57 bits per heavy atom. The van der Waals surface area contributed by atoms with Gasteiger partial charge in [-0.15, -0.1) is 11.8 Å². The third kappa shape index (κ3) is 3.80. The van der Waals surface area contributed by atoms with E-state index in [0.717, 1.165) is 0 Å². The fourth-order valence-corrected chi connectivity index (χ4v) is 5.12. The molecule has 0 saturated carbocycles. The number of hydrogen-bond acceptors (Lipinski definition) is 7. The SMILES string of the molecule is COC(=O)/C=C1\[C@@H](NC(=O)COc2ccccc2)[C@H]2SC(C)(C)[C@H](C(=O)O)N12. The van der Waals surface area contributed by atoms with E-state index in [1.54, 1.807) is 29.2 Å². The number of fused-ring (bicyclic) bond motifs is 1. The van der Waals surface area contributed by atoms with Crippen molar-refractivity contribution in [2.45, 2.75) is 36.1 Å². The summed E-state index contributed by atoms with van der Waals surface area (Å²) in [5.74, 6) is -1.37. The molecule has 9 heteroatoms. The van der Waals surface area contributed by atoms with Crippen molar-refractivity contribution in [1.82, 2.24) is 10.2 Å². The average molecular weight is 406 g/mol. The van der Waals surface area contributed by atoms with Crippen LogP contribution in [-0.2, 0) is 19.1 Å². The zero-order valence-corrected chi connectivity index (χ0v) is 16.6.